The second-order valence-corrected chi connectivity index (χ2v) is 8.86. The van der Waals surface area contributed by atoms with Crippen molar-refractivity contribution in [1.82, 2.24) is 0 Å². The van der Waals surface area contributed by atoms with Gasteiger partial charge in [0.1, 0.15) is 6.61 Å². The van der Waals surface area contributed by atoms with Crippen LogP contribution in [0.25, 0.3) is 10.8 Å². The topological polar surface area (TPSA) is 38.3 Å². The van der Waals surface area contributed by atoms with E-state index < -0.39 is 0 Å². The standard InChI is InChI=1S/C19H14I3NO2/c20-14-10-16(18(22)17(21)11-14)19(24)25-8-7-23-15-6-5-12-3-1-2-4-13(12)9-15/h1-6,9-11,23H,7-8H2. The summed E-state index contributed by atoms with van der Waals surface area (Å²) in [5.41, 5.74) is 1.65. The third-order valence-electron chi connectivity index (χ3n) is 3.63. The Labute approximate surface area is 187 Å². The van der Waals surface area contributed by atoms with Crippen LogP contribution in [-0.2, 0) is 4.74 Å². The molecule has 0 saturated heterocycles. The molecule has 0 aromatic heterocycles. The predicted octanol–water partition coefficient (Wildman–Crippen LogP) is 5.92. The second-order valence-electron chi connectivity index (χ2n) is 5.37. The van der Waals surface area contributed by atoms with Crippen molar-refractivity contribution in [1.29, 1.82) is 0 Å². The summed E-state index contributed by atoms with van der Waals surface area (Å²) in [7, 11) is 0. The summed E-state index contributed by atoms with van der Waals surface area (Å²) in [6.07, 6.45) is 0. The SMILES string of the molecule is O=C(OCCNc1ccc2ccccc2c1)c1cc(I)cc(I)c1I. The average Bonchev–Trinajstić information content (AvgIpc) is 2.61. The van der Waals surface area contributed by atoms with Gasteiger partial charge >= 0.3 is 5.97 Å². The lowest BCUT2D eigenvalue weighted by molar-refractivity contribution is 0.0519. The van der Waals surface area contributed by atoms with Gasteiger partial charge in [-0.25, -0.2) is 4.79 Å². The molecule has 0 heterocycles. The molecule has 128 valence electrons. The Balaban J connectivity index is 1.56. The molecule has 3 aromatic rings. The van der Waals surface area contributed by atoms with Gasteiger partial charge < -0.3 is 10.1 Å². The van der Waals surface area contributed by atoms with E-state index in [1.54, 1.807) is 0 Å². The maximum atomic E-state index is 12.3. The summed E-state index contributed by atoms with van der Waals surface area (Å²) in [6.45, 7) is 0.894. The summed E-state index contributed by atoms with van der Waals surface area (Å²) >= 11 is 6.64. The zero-order valence-electron chi connectivity index (χ0n) is 13.1. The van der Waals surface area contributed by atoms with Crippen LogP contribution in [0.2, 0.25) is 0 Å². The number of rotatable bonds is 5. The maximum Gasteiger partial charge on any atom is 0.339 e. The molecule has 0 radical (unpaired) electrons. The molecule has 0 fully saturated rings. The number of hydrogen-bond donors (Lipinski definition) is 1. The first kappa shape index (κ1) is 19.2. The highest BCUT2D eigenvalue weighted by atomic mass is 127. The molecule has 0 amide bonds. The molecule has 0 aliphatic rings. The van der Waals surface area contributed by atoms with Gasteiger partial charge in [-0.1, -0.05) is 30.3 Å². The minimum absolute atomic E-state index is 0.277. The number of carbonyl (C=O) groups excluding carboxylic acids is 1. The van der Waals surface area contributed by atoms with Crippen LogP contribution < -0.4 is 5.32 Å². The van der Waals surface area contributed by atoms with Crippen molar-refractivity contribution in [2.45, 2.75) is 0 Å². The number of fused-ring (bicyclic) bond motifs is 1. The van der Waals surface area contributed by atoms with Crippen molar-refractivity contribution in [3.05, 3.63) is 70.9 Å². The van der Waals surface area contributed by atoms with Crippen LogP contribution in [0.15, 0.2) is 54.6 Å². The van der Waals surface area contributed by atoms with Crippen molar-refractivity contribution in [2.24, 2.45) is 0 Å². The molecule has 0 aliphatic carbocycles. The van der Waals surface area contributed by atoms with Crippen LogP contribution in [-0.4, -0.2) is 19.1 Å². The van der Waals surface area contributed by atoms with E-state index in [4.69, 9.17) is 4.74 Å². The Bertz CT molecular complexity index is 928. The number of esters is 1. The smallest absolute Gasteiger partial charge is 0.339 e. The molecular weight excluding hydrogens is 655 g/mol. The van der Waals surface area contributed by atoms with E-state index >= 15 is 0 Å². The fourth-order valence-corrected chi connectivity index (χ4v) is 4.80. The number of nitrogens with one attached hydrogen (secondary N) is 1. The monoisotopic (exact) mass is 669 g/mol. The molecule has 0 aliphatic heterocycles. The lowest BCUT2D eigenvalue weighted by Gasteiger charge is -2.10. The van der Waals surface area contributed by atoms with Crippen molar-refractivity contribution in [2.75, 3.05) is 18.5 Å². The van der Waals surface area contributed by atoms with E-state index in [9.17, 15) is 4.79 Å². The highest BCUT2D eigenvalue weighted by molar-refractivity contribution is 14.1. The summed E-state index contributed by atoms with van der Waals surface area (Å²) in [6, 6.07) is 18.4. The van der Waals surface area contributed by atoms with Gasteiger partial charge in [-0.2, -0.15) is 0 Å². The van der Waals surface area contributed by atoms with Crippen molar-refractivity contribution >= 4 is 90.2 Å². The Hall–Kier alpha value is -0.620. The lowest BCUT2D eigenvalue weighted by atomic mass is 10.1. The summed E-state index contributed by atoms with van der Waals surface area (Å²) in [5.74, 6) is -0.277. The van der Waals surface area contributed by atoms with Gasteiger partial charge in [0.25, 0.3) is 0 Å². The van der Waals surface area contributed by atoms with Gasteiger partial charge in [-0.15, -0.1) is 0 Å². The van der Waals surface area contributed by atoms with Crippen LogP contribution in [0.5, 0.6) is 0 Å². The Morgan fingerprint density at radius 3 is 2.52 bits per heavy atom. The molecule has 6 heteroatoms. The first-order valence-electron chi connectivity index (χ1n) is 7.59. The molecule has 25 heavy (non-hydrogen) atoms. The Kier molecular flexibility index (Phi) is 6.78. The number of benzene rings is 3. The molecule has 1 N–H and O–H groups in total. The summed E-state index contributed by atoms with van der Waals surface area (Å²) < 4.78 is 8.44. The molecule has 3 rings (SSSR count). The molecular formula is C19H14I3NO2. The number of hydrogen-bond acceptors (Lipinski definition) is 3. The minimum Gasteiger partial charge on any atom is -0.460 e. The van der Waals surface area contributed by atoms with E-state index in [0.717, 1.165) is 16.4 Å². The van der Waals surface area contributed by atoms with Crippen molar-refractivity contribution < 1.29 is 9.53 Å². The lowest BCUT2D eigenvalue weighted by Crippen LogP contribution is -2.15. The van der Waals surface area contributed by atoms with Gasteiger partial charge in [0.15, 0.2) is 0 Å². The number of ether oxygens (including phenoxy) is 1. The quantitative estimate of drug-likeness (QED) is 0.159. The summed E-state index contributed by atoms with van der Waals surface area (Å²) in [4.78, 5) is 12.3. The van der Waals surface area contributed by atoms with Crippen molar-refractivity contribution in [3.63, 3.8) is 0 Å². The molecule has 0 saturated carbocycles. The normalized spacial score (nSPS) is 10.7. The Morgan fingerprint density at radius 2 is 1.72 bits per heavy atom. The van der Waals surface area contributed by atoms with Gasteiger partial charge in [-0.05, 0) is 103 Å². The first-order chi connectivity index (χ1) is 12.0. The average molecular weight is 669 g/mol. The molecule has 0 spiro atoms. The fourth-order valence-electron chi connectivity index (χ4n) is 2.42. The van der Waals surface area contributed by atoms with E-state index in [1.165, 1.54) is 10.8 Å². The second kappa shape index (κ2) is 8.85. The first-order valence-corrected chi connectivity index (χ1v) is 10.8. The molecule has 0 bridgehead atoms. The van der Waals surface area contributed by atoms with Crippen molar-refractivity contribution in [3.8, 4) is 0 Å². The highest BCUT2D eigenvalue weighted by Crippen LogP contribution is 2.23. The third kappa shape index (κ3) is 4.97. The van der Waals surface area contributed by atoms with Crippen LogP contribution >= 0.6 is 67.8 Å². The Morgan fingerprint density at radius 1 is 0.960 bits per heavy atom. The number of carbonyl (C=O) groups is 1. The van der Waals surface area contributed by atoms with Gasteiger partial charge in [-0.3, -0.25) is 0 Å². The third-order valence-corrected chi connectivity index (χ3v) is 7.29. The van der Waals surface area contributed by atoms with Crippen LogP contribution in [0.1, 0.15) is 10.4 Å². The largest absolute Gasteiger partial charge is 0.460 e. The van der Waals surface area contributed by atoms with E-state index in [-0.39, 0.29) is 5.97 Å². The maximum absolute atomic E-state index is 12.3. The minimum atomic E-state index is -0.277. The van der Waals surface area contributed by atoms with Crippen LogP contribution in [0, 0.1) is 10.7 Å². The molecule has 3 aromatic carbocycles. The molecule has 0 unspecified atom stereocenters. The predicted molar refractivity (Wildman–Crippen MR) is 127 cm³/mol. The highest BCUT2D eigenvalue weighted by Gasteiger charge is 2.14. The molecule has 0 atom stereocenters. The van der Waals surface area contributed by atoms with Crippen LogP contribution in [0.3, 0.4) is 0 Å². The van der Waals surface area contributed by atoms with Gasteiger partial charge in [0.2, 0.25) is 0 Å². The van der Waals surface area contributed by atoms with E-state index in [2.05, 4.69) is 97.4 Å². The van der Waals surface area contributed by atoms with Gasteiger partial charge in [0, 0.05) is 22.9 Å². The van der Waals surface area contributed by atoms with E-state index in [1.807, 2.05) is 30.3 Å². The number of anilines is 1. The molecule has 3 nitrogen and oxygen atoms in total. The zero-order valence-corrected chi connectivity index (χ0v) is 19.5. The zero-order chi connectivity index (χ0) is 17.8. The van der Waals surface area contributed by atoms with E-state index in [0.29, 0.717) is 18.7 Å². The number of halogens is 3. The van der Waals surface area contributed by atoms with Crippen LogP contribution in [0.4, 0.5) is 5.69 Å². The van der Waals surface area contributed by atoms with Gasteiger partial charge in [0.05, 0.1) is 5.56 Å². The fraction of sp³-hybridized carbons (Fsp3) is 0.105. The summed E-state index contributed by atoms with van der Waals surface area (Å²) in [5, 5.41) is 5.70.